The average Bonchev–Trinajstić information content (AvgIpc) is 4.07. The van der Waals surface area contributed by atoms with Crippen LogP contribution in [-0.4, -0.2) is 37.9 Å². The summed E-state index contributed by atoms with van der Waals surface area (Å²) in [5.74, 6) is 0.371. The molecule has 0 spiro atoms. The van der Waals surface area contributed by atoms with Gasteiger partial charge in [-0.25, -0.2) is 0 Å². The Morgan fingerprint density at radius 2 is 1.30 bits per heavy atom. The first-order chi connectivity index (χ1) is 29.6. The van der Waals surface area contributed by atoms with Crippen LogP contribution in [0.25, 0.3) is 72.8 Å². The van der Waals surface area contributed by atoms with E-state index >= 15 is 0 Å². The van der Waals surface area contributed by atoms with Crippen molar-refractivity contribution in [3.63, 3.8) is 0 Å². The molecule has 1 aliphatic heterocycles. The SMILES string of the molecule is CCCCc1cccc2c1c1ccccc1n2-c1ccc2c(c1)c(N)c(/C=C\N1CCCC1)n2-c1ccc2c(c1)c(C(CC)CCCC)c(/C=C\C=N)n2-c1ccccc1. The highest BCUT2D eigenvalue weighted by atomic mass is 15.1. The molecule has 1 aliphatic rings. The molecule has 1 saturated heterocycles. The average molecular weight is 791 g/mol. The second kappa shape index (κ2) is 17.1. The molecule has 1 atom stereocenters. The minimum Gasteiger partial charge on any atom is -0.396 e. The number of hydrogen-bond acceptors (Lipinski definition) is 3. The van der Waals surface area contributed by atoms with Gasteiger partial charge in [-0.2, -0.15) is 0 Å². The van der Waals surface area contributed by atoms with E-state index in [9.17, 15) is 0 Å². The summed E-state index contributed by atoms with van der Waals surface area (Å²) in [6.45, 7) is 9.01. The van der Waals surface area contributed by atoms with Gasteiger partial charge in [0.25, 0.3) is 0 Å². The van der Waals surface area contributed by atoms with Crippen LogP contribution in [0.5, 0.6) is 0 Å². The molecule has 9 rings (SSSR count). The van der Waals surface area contributed by atoms with Crippen LogP contribution in [0.1, 0.15) is 101 Å². The van der Waals surface area contributed by atoms with Crippen molar-refractivity contribution < 1.29 is 0 Å². The molecule has 3 N–H and O–H groups in total. The summed E-state index contributed by atoms with van der Waals surface area (Å²) in [6, 6.07) is 40.2. The highest BCUT2D eigenvalue weighted by Crippen LogP contribution is 2.43. The van der Waals surface area contributed by atoms with E-state index < -0.39 is 0 Å². The van der Waals surface area contributed by atoms with E-state index in [-0.39, 0.29) is 0 Å². The zero-order valence-corrected chi connectivity index (χ0v) is 35.5. The molecule has 3 aromatic heterocycles. The predicted octanol–water partition coefficient (Wildman–Crippen LogP) is 14.0. The van der Waals surface area contributed by atoms with Crippen molar-refractivity contribution in [2.45, 2.75) is 84.5 Å². The fourth-order valence-electron chi connectivity index (χ4n) is 9.97. The van der Waals surface area contributed by atoms with Crippen molar-refractivity contribution in [3.8, 4) is 17.1 Å². The van der Waals surface area contributed by atoms with Crippen LogP contribution >= 0.6 is 0 Å². The number of aromatic nitrogens is 3. The topological polar surface area (TPSA) is 67.9 Å². The van der Waals surface area contributed by atoms with Crippen LogP contribution in [0, 0.1) is 5.41 Å². The van der Waals surface area contributed by atoms with Crippen LogP contribution < -0.4 is 5.73 Å². The number of para-hydroxylation sites is 2. The Kier molecular flexibility index (Phi) is 11.2. The summed E-state index contributed by atoms with van der Waals surface area (Å²) in [7, 11) is 0. The third-order valence-electron chi connectivity index (χ3n) is 12.9. The van der Waals surface area contributed by atoms with Crippen LogP contribution in [0.15, 0.2) is 121 Å². The summed E-state index contributed by atoms with van der Waals surface area (Å²) in [4.78, 5) is 2.42. The number of nitrogens with two attached hydrogens (primary N) is 1. The summed E-state index contributed by atoms with van der Waals surface area (Å²) in [6.07, 6.45) is 20.2. The maximum absolute atomic E-state index is 7.97. The van der Waals surface area contributed by atoms with Crippen molar-refractivity contribution in [2.24, 2.45) is 0 Å². The van der Waals surface area contributed by atoms with Gasteiger partial charge in [0.05, 0.1) is 39.1 Å². The molecule has 304 valence electrons. The predicted molar refractivity (Wildman–Crippen MR) is 258 cm³/mol. The molecule has 1 fully saturated rings. The van der Waals surface area contributed by atoms with Crippen molar-refractivity contribution in [1.82, 2.24) is 18.6 Å². The van der Waals surface area contributed by atoms with Gasteiger partial charge < -0.3 is 29.7 Å². The van der Waals surface area contributed by atoms with Crippen molar-refractivity contribution in [3.05, 3.63) is 144 Å². The fraction of sp³-hybridized carbons (Fsp3) is 0.278. The molecular formula is C54H58N6. The van der Waals surface area contributed by atoms with Gasteiger partial charge >= 0.3 is 0 Å². The van der Waals surface area contributed by atoms with Gasteiger partial charge in [0.1, 0.15) is 0 Å². The highest BCUT2D eigenvalue weighted by Gasteiger charge is 2.25. The molecule has 8 aromatic rings. The van der Waals surface area contributed by atoms with Crippen LogP contribution in [0.3, 0.4) is 0 Å². The minimum atomic E-state index is 0.371. The van der Waals surface area contributed by atoms with Crippen molar-refractivity contribution >= 4 is 67.7 Å². The summed E-state index contributed by atoms with van der Waals surface area (Å²) in [5.41, 5.74) is 21.1. The molecule has 0 bridgehead atoms. The van der Waals surface area contributed by atoms with E-state index in [4.69, 9.17) is 11.1 Å². The number of fused-ring (bicyclic) bond motifs is 5. The molecule has 0 saturated carbocycles. The van der Waals surface area contributed by atoms with Gasteiger partial charge in [-0.05, 0) is 134 Å². The standard InChI is InChI=1S/C54H58N6/c1-4-7-18-38(6-3)52-44-36-41(27-29-47(44)58(50(52)26-17-32-55)40-21-10-9-11-22-40)60-48-30-28-42(37-45(48)54(56)51(60)31-35-57-33-14-15-34-57)59-46-24-13-12-23-43(46)53-39(19-8-5-2)20-16-25-49(53)59/h9-13,16-17,20-32,35-38,55H,4-8,14-15,18-19,33-34,56H2,1-3H3/b26-17-,35-31-,55-32?. The number of allylic oxidation sites excluding steroid dienone is 1. The van der Waals surface area contributed by atoms with Gasteiger partial charge in [-0.1, -0.05) is 88.6 Å². The number of nitrogens with one attached hydrogen (secondary N) is 1. The third-order valence-corrected chi connectivity index (χ3v) is 12.9. The van der Waals surface area contributed by atoms with E-state index in [1.54, 1.807) is 0 Å². The zero-order chi connectivity index (χ0) is 41.2. The van der Waals surface area contributed by atoms with Gasteiger partial charge in [0.15, 0.2) is 0 Å². The van der Waals surface area contributed by atoms with Gasteiger partial charge in [-0.15, -0.1) is 0 Å². The van der Waals surface area contributed by atoms with E-state index in [0.29, 0.717) is 5.92 Å². The summed E-state index contributed by atoms with van der Waals surface area (Å²) >= 11 is 0. The van der Waals surface area contributed by atoms with Crippen molar-refractivity contribution in [2.75, 3.05) is 18.8 Å². The number of anilines is 1. The first kappa shape index (κ1) is 39.2. The van der Waals surface area contributed by atoms with E-state index in [2.05, 4.69) is 167 Å². The Bertz CT molecular complexity index is 2880. The van der Waals surface area contributed by atoms with E-state index in [1.807, 2.05) is 6.08 Å². The maximum Gasteiger partial charge on any atom is 0.0712 e. The Morgan fingerprint density at radius 3 is 2.05 bits per heavy atom. The smallest absolute Gasteiger partial charge is 0.0712 e. The normalized spacial score (nSPS) is 14.0. The van der Waals surface area contributed by atoms with Gasteiger partial charge in [-0.3, -0.25) is 0 Å². The largest absolute Gasteiger partial charge is 0.396 e. The molecule has 4 heterocycles. The monoisotopic (exact) mass is 790 g/mol. The molecule has 0 amide bonds. The Labute approximate surface area is 354 Å². The lowest BCUT2D eigenvalue weighted by molar-refractivity contribution is 0.471. The maximum atomic E-state index is 7.97. The molecule has 6 nitrogen and oxygen atoms in total. The number of hydrogen-bond donors (Lipinski definition) is 2. The molecule has 6 heteroatoms. The fourth-order valence-corrected chi connectivity index (χ4v) is 9.97. The Hall–Kier alpha value is -6.27. The summed E-state index contributed by atoms with van der Waals surface area (Å²) in [5, 5.41) is 12.9. The molecule has 1 unspecified atom stereocenters. The molecule has 5 aromatic carbocycles. The lowest BCUT2D eigenvalue weighted by Gasteiger charge is -2.17. The number of rotatable bonds is 15. The van der Waals surface area contributed by atoms with E-state index in [0.717, 1.165) is 83.8 Å². The number of aryl methyl sites for hydroxylation is 1. The van der Waals surface area contributed by atoms with Gasteiger partial charge in [0, 0.05) is 64.1 Å². The second-order valence-corrected chi connectivity index (χ2v) is 16.6. The first-order valence-electron chi connectivity index (χ1n) is 22.3. The molecule has 0 aliphatic carbocycles. The van der Waals surface area contributed by atoms with Gasteiger partial charge in [0.2, 0.25) is 0 Å². The number of likely N-dealkylation sites (tertiary alicyclic amines) is 1. The quantitative estimate of drug-likeness (QED) is 0.102. The van der Waals surface area contributed by atoms with Crippen LogP contribution in [0.4, 0.5) is 5.69 Å². The lowest BCUT2D eigenvalue weighted by atomic mass is 9.88. The van der Waals surface area contributed by atoms with Crippen LogP contribution in [0.2, 0.25) is 0 Å². The Morgan fingerprint density at radius 1 is 0.633 bits per heavy atom. The molecule has 60 heavy (non-hydrogen) atoms. The number of unbranched alkanes of at least 4 members (excludes halogenated alkanes) is 2. The second-order valence-electron chi connectivity index (χ2n) is 16.6. The Balaban J connectivity index is 1.29. The third kappa shape index (κ3) is 6.92. The van der Waals surface area contributed by atoms with Crippen LogP contribution in [-0.2, 0) is 6.42 Å². The summed E-state index contributed by atoms with van der Waals surface area (Å²) < 4.78 is 7.22. The zero-order valence-electron chi connectivity index (χ0n) is 35.5. The lowest BCUT2D eigenvalue weighted by Crippen LogP contribution is -2.10. The van der Waals surface area contributed by atoms with Crippen molar-refractivity contribution in [1.29, 1.82) is 5.41 Å². The number of benzene rings is 5. The minimum absolute atomic E-state index is 0.371. The molecular weight excluding hydrogens is 733 g/mol. The molecule has 0 radical (unpaired) electrons. The first-order valence-corrected chi connectivity index (χ1v) is 22.3. The highest BCUT2D eigenvalue weighted by molar-refractivity contribution is 6.11. The number of nitrogen functional groups attached to an aromatic ring is 1. The number of nitrogens with zero attached hydrogens (tertiary/aromatic N) is 4. The van der Waals surface area contributed by atoms with E-state index in [1.165, 1.54) is 82.2 Å².